The average molecular weight is 465 g/mol. The Morgan fingerprint density at radius 2 is 1.79 bits per heavy atom. The smallest absolute Gasteiger partial charge is 0.295 e. The zero-order valence-electron chi connectivity index (χ0n) is 15.2. The van der Waals surface area contributed by atoms with Crippen LogP contribution in [0.1, 0.15) is 23.6 Å². The molecule has 1 saturated heterocycles. The van der Waals surface area contributed by atoms with Crippen molar-refractivity contribution in [1.82, 2.24) is 4.90 Å². The Hall–Kier alpha value is -2.15. The zero-order valence-corrected chi connectivity index (χ0v) is 17.5. The first-order valence-corrected chi connectivity index (χ1v) is 9.90. The molecule has 1 fully saturated rings. The molecule has 2 aromatic carbocycles. The van der Waals surface area contributed by atoms with Gasteiger partial charge < -0.3 is 14.7 Å². The van der Waals surface area contributed by atoms with Crippen molar-refractivity contribution in [3.05, 3.63) is 74.7 Å². The van der Waals surface area contributed by atoms with E-state index in [9.17, 15) is 14.7 Å². The van der Waals surface area contributed by atoms with Crippen LogP contribution in [0.5, 0.6) is 0 Å². The summed E-state index contributed by atoms with van der Waals surface area (Å²) in [5.41, 5.74) is 1.25. The van der Waals surface area contributed by atoms with Crippen LogP contribution >= 0.6 is 27.5 Å². The molecule has 0 spiro atoms. The van der Waals surface area contributed by atoms with Gasteiger partial charge in [-0.05, 0) is 48.4 Å². The van der Waals surface area contributed by atoms with Crippen molar-refractivity contribution in [2.45, 2.75) is 12.5 Å². The lowest BCUT2D eigenvalue weighted by atomic mass is 9.95. The van der Waals surface area contributed by atoms with E-state index in [1.54, 1.807) is 31.4 Å². The number of aliphatic hydroxyl groups excluding tert-OH is 1. The Balaban J connectivity index is 2.10. The fourth-order valence-electron chi connectivity index (χ4n) is 3.24. The minimum absolute atomic E-state index is 0.0760. The number of amides is 1. The number of aliphatic hydroxyl groups is 1. The number of rotatable bonds is 6. The number of hydrogen-bond acceptors (Lipinski definition) is 4. The molecule has 1 unspecified atom stereocenters. The normalized spacial score (nSPS) is 18.7. The van der Waals surface area contributed by atoms with Gasteiger partial charge in [-0.3, -0.25) is 9.59 Å². The molecule has 0 aromatic heterocycles. The maximum absolute atomic E-state index is 12.8. The van der Waals surface area contributed by atoms with E-state index in [2.05, 4.69) is 15.9 Å². The molecule has 1 aliphatic rings. The Bertz CT molecular complexity index is 909. The maximum Gasteiger partial charge on any atom is 0.295 e. The molecular formula is C21H19BrClNO4. The van der Waals surface area contributed by atoms with Crippen LogP contribution in [-0.4, -0.2) is 42.0 Å². The second-order valence-electron chi connectivity index (χ2n) is 6.40. The Labute approximate surface area is 176 Å². The molecule has 1 atom stereocenters. The summed E-state index contributed by atoms with van der Waals surface area (Å²) in [6, 6.07) is 13.2. The quantitative estimate of drug-likeness (QED) is 0.294. The summed E-state index contributed by atoms with van der Waals surface area (Å²) in [7, 11) is 1.58. The molecule has 0 radical (unpaired) electrons. The minimum atomic E-state index is -0.696. The molecule has 0 bridgehead atoms. The summed E-state index contributed by atoms with van der Waals surface area (Å²) < 4.78 is 5.95. The van der Waals surface area contributed by atoms with Gasteiger partial charge in [-0.1, -0.05) is 39.7 Å². The summed E-state index contributed by atoms with van der Waals surface area (Å²) >= 11 is 9.31. The van der Waals surface area contributed by atoms with Crippen LogP contribution in [-0.2, 0) is 14.3 Å². The van der Waals surface area contributed by atoms with E-state index in [1.165, 1.54) is 4.90 Å². The topological polar surface area (TPSA) is 66.8 Å². The number of ketones is 1. The first kappa shape index (κ1) is 20.6. The fourth-order valence-corrected chi connectivity index (χ4v) is 3.64. The highest BCUT2D eigenvalue weighted by atomic mass is 79.9. The van der Waals surface area contributed by atoms with Crippen molar-refractivity contribution in [3.63, 3.8) is 0 Å². The third-order valence-electron chi connectivity index (χ3n) is 4.59. The zero-order chi connectivity index (χ0) is 20.3. The van der Waals surface area contributed by atoms with Crippen molar-refractivity contribution >= 4 is 45.0 Å². The summed E-state index contributed by atoms with van der Waals surface area (Å²) in [6.07, 6.45) is 0.581. The molecule has 3 rings (SSSR count). The molecule has 1 heterocycles. The van der Waals surface area contributed by atoms with E-state index in [4.69, 9.17) is 16.3 Å². The van der Waals surface area contributed by atoms with Crippen molar-refractivity contribution < 1.29 is 19.4 Å². The van der Waals surface area contributed by atoms with Crippen LogP contribution in [0.3, 0.4) is 0 Å². The third-order valence-corrected chi connectivity index (χ3v) is 5.37. The molecule has 1 aliphatic heterocycles. The molecule has 2 aromatic rings. The Morgan fingerprint density at radius 1 is 1.14 bits per heavy atom. The largest absolute Gasteiger partial charge is 0.507 e. The first-order chi connectivity index (χ1) is 13.4. The summed E-state index contributed by atoms with van der Waals surface area (Å²) in [5.74, 6) is -1.53. The van der Waals surface area contributed by atoms with Crippen molar-refractivity contribution in [1.29, 1.82) is 0 Å². The number of carbonyl (C=O) groups is 2. The van der Waals surface area contributed by atoms with E-state index in [1.807, 2.05) is 24.3 Å². The lowest BCUT2D eigenvalue weighted by Gasteiger charge is -2.25. The van der Waals surface area contributed by atoms with Gasteiger partial charge in [0.2, 0.25) is 0 Å². The summed E-state index contributed by atoms with van der Waals surface area (Å²) in [5, 5.41) is 11.4. The average Bonchev–Trinajstić information content (AvgIpc) is 2.94. The lowest BCUT2D eigenvalue weighted by molar-refractivity contribution is -0.140. The number of benzene rings is 2. The number of Topliss-reactive ketones (excluding diaryl/α,β-unsaturated/α-hetero) is 1. The molecule has 7 heteroatoms. The number of carbonyl (C=O) groups excluding carboxylic acids is 2. The molecular weight excluding hydrogens is 446 g/mol. The molecule has 5 nitrogen and oxygen atoms in total. The number of methoxy groups -OCH3 is 1. The number of nitrogens with zero attached hydrogens (tertiary/aromatic N) is 1. The number of hydrogen-bond donors (Lipinski definition) is 1. The van der Waals surface area contributed by atoms with Gasteiger partial charge in [-0.25, -0.2) is 0 Å². The van der Waals surface area contributed by atoms with Crippen LogP contribution in [0.2, 0.25) is 5.02 Å². The van der Waals surface area contributed by atoms with Gasteiger partial charge >= 0.3 is 0 Å². The molecule has 1 N–H and O–H groups in total. The predicted octanol–water partition coefficient (Wildman–Crippen LogP) is 4.56. The second kappa shape index (κ2) is 8.90. The molecule has 0 saturated carbocycles. The highest BCUT2D eigenvalue weighted by Crippen LogP contribution is 2.39. The van der Waals surface area contributed by atoms with E-state index in [-0.39, 0.29) is 11.3 Å². The number of halogens is 2. The van der Waals surface area contributed by atoms with Crippen LogP contribution in [0.15, 0.2) is 58.6 Å². The third kappa shape index (κ3) is 4.14. The van der Waals surface area contributed by atoms with Crippen LogP contribution in [0, 0.1) is 0 Å². The number of likely N-dealkylation sites (tertiary alicyclic amines) is 1. The summed E-state index contributed by atoms with van der Waals surface area (Å²) in [4.78, 5) is 27.0. The van der Waals surface area contributed by atoms with Crippen molar-refractivity contribution in [2.24, 2.45) is 0 Å². The minimum Gasteiger partial charge on any atom is -0.507 e. The van der Waals surface area contributed by atoms with Gasteiger partial charge in [0.15, 0.2) is 0 Å². The highest BCUT2D eigenvalue weighted by Gasteiger charge is 2.45. The van der Waals surface area contributed by atoms with E-state index >= 15 is 0 Å². The second-order valence-corrected chi connectivity index (χ2v) is 7.75. The molecule has 28 heavy (non-hydrogen) atoms. The van der Waals surface area contributed by atoms with Gasteiger partial charge in [-0.2, -0.15) is 0 Å². The maximum atomic E-state index is 12.8. The van der Waals surface area contributed by atoms with Gasteiger partial charge in [0.1, 0.15) is 5.76 Å². The fraction of sp³-hybridized carbons (Fsp3) is 0.238. The molecule has 1 amide bonds. The van der Waals surface area contributed by atoms with Gasteiger partial charge in [-0.15, -0.1) is 0 Å². The van der Waals surface area contributed by atoms with Gasteiger partial charge in [0, 0.05) is 35.3 Å². The Morgan fingerprint density at radius 3 is 2.39 bits per heavy atom. The predicted molar refractivity (Wildman–Crippen MR) is 111 cm³/mol. The highest BCUT2D eigenvalue weighted by molar-refractivity contribution is 9.10. The van der Waals surface area contributed by atoms with E-state index in [0.29, 0.717) is 30.2 Å². The SMILES string of the molecule is COCCCN1C(=O)C(=O)/C(=C(/O)c2ccc(Cl)cc2)C1c1ccc(Br)cc1. The van der Waals surface area contributed by atoms with Crippen molar-refractivity contribution in [2.75, 3.05) is 20.3 Å². The van der Waals surface area contributed by atoms with Gasteiger partial charge in [0.25, 0.3) is 11.7 Å². The van der Waals surface area contributed by atoms with Crippen LogP contribution < -0.4 is 0 Å². The lowest BCUT2D eigenvalue weighted by Crippen LogP contribution is -2.31. The molecule has 0 aliphatic carbocycles. The van der Waals surface area contributed by atoms with Crippen LogP contribution in [0.4, 0.5) is 0 Å². The van der Waals surface area contributed by atoms with E-state index < -0.39 is 17.7 Å². The Kier molecular flexibility index (Phi) is 6.54. The number of ether oxygens (including phenoxy) is 1. The monoisotopic (exact) mass is 463 g/mol. The van der Waals surface area contributed by atoms with Crippen molar-refractivity contribution in [3.8, 4) is 0 Å². The van der Waals surface area contributed by atoms with E-state index in [0.717, 1.165) is 10.0 Å². The molecule has 146 valence electrons. The first-order valence-electron chi connectivity index (χ1n) is 8.72. The standard InChI is InChI=1S/C21H19BrClNO4/c1-28-12-2-11-24-18(13-3-7-15(22)8-4-13)17(20(26)21(24)27)19(25)14-5-9-16(23)10-6-14/h3-10,18,25H,2,11-12H2,1H3/b19-17+. The summed E-state index contributed by atoms with van der Waals surface area (Å²) in [6.45, 7) is 0.809. The van der Waals surface area contributed by atoms with Crippen LogP contribution in [0.25, 0.3) is 5.76 Å². The van der Waals surface area contributed by atoms with Gasteiger partial charge in [0.05, 0.1) is 11.6 Å².